The summed E-state index contributed by atoms with van der Waals surface area (Å²) < 4.78 is 43.1. The molecule has 6 rings (SSSR count). The number of nitrogens with zero attached hydrogens (tertiary/aromatic N) is 2. The third-order valence-electron chi connectivity index (χ3n) is 7.80. The normalized spacial score (nSPS) is 20.4. The van der Waals surface area contributed by atoms with Crippen molar-refractivity contribution in [3.8, 4) is 0 Å². The number of hydrogen-bond acceptors (Lipinski definition) is 4. The van der Waals surface area contributed by atoms with Gasteiger partial charge in [-0.15, -0.1) is 0 Å². The largest absolute Gasteiger partial charge is 0.435 e. The summed E-state index contributed by atoms with van der Waals surface area (Å²) in [5, 5.41) is 15.4. The molecule has 210 valence electrons. The molecule has 2 aliphatic heterocycles. The number of hydrogen-bond donors (Lipinski definition) is 1. The quantitative estimate of drug-likeness (QED) is 0.246. The van der Waals surface area contributed by atoms with Crippen molar-refractivity contribution in [2.45, 2.75) is 29.8 Å². The van der Waals surface area contributed by atoms with Crippen molar-refractivity contribution in [3.63, 3.8) is 0 Å². The van der Waals surface area contributed by atoms with E-state index in [0.29, 0.717) is 24.2 Å². The molecule has 0 saturated carbocycles. The van der Waals surface area contributed by atoms with E-state index in [0.717, 1.165) is 11.1 Å². The molecule has 9 heteroatoms. The summed E-state index contributed by atoms with van der Waals surface area (Å²) in [6, 6.07) is 30.8. The first-order chi connectivity index (χ1) is 19.6. The first kappa shape index (κ1) is 27.8. The predicted molar refractivity (Wildman–Crippen MR) is 153 cm³/mol. The number of likely N-dealkylation sites (tertiary alicyclic amines) is 1. The number of benzene rings is 4. The van der Waals surface area contributed by atoms with Crippen LogP contribution in [0.3, 0.4) is 0 Å². The highest BCUT2D eigenvalue weighted by atomic mass is 35.5. The summed E-state index contributed by atoms with van der Waals surface area (Å²) in [6.45, 7) is 0.801. The molecule has 2 aliphatic rings. The Balaban J connectivity index is 1.21. The summed E-state index contributed by atoms with van der Waals surface area (Å²) in [5.74, 6) is 0. The molecular formula is C32H25Cl2F3N2O2. The summed E-state index contributed by atoms with van der Waals surface area (Å²) in [4.78, 5) is 7.32. The zero-order valence-corrected chi connectivity index (χ0v) is 23.2. The highest BCUT2D eigenvalue weighted by Crippen LogP contribution is 2.50. The molecule has 1 saturated heterocycles. The van der Waals surface area contributed by atoms with Gasteiger partial charge < -0.3 is 9.94 Å². The third kappa shape index (κ3) is 5.12. The Bertz CT molecular complexity index is 1510. The first-order valence-corrected chi connectivity index (χ1v) is 13.8. The van der Waals surface area contributed by atoms with Crippen molar-refractivity contribution in [2.75, 3.05) is 13.1 Å². The molecule has 1 atom stereocenters. The Morgan fingerprint density at radius 1 is 0.780 bits per heavy atom. The monoisotopic (exact) mass is 596 g/mol. The van der Waals surface area contributed by atoms with Crippen LogP contribution in [0.5, 0.6) is 0 Å². The van der Waals surface area contributed by atoms with E-state index in [2.05, 4.69) is 34.3 Å². The Morgan fingerprint density at radius 2 is 1.32 bits per heavy atom. The van der Waals surface area contributed by atoms with Gasteiger partial charge in [0.25, 0.3) is 5.60 Å². The average molecular weight is 597 g/mol. The average Bonchev–Trinajstić information content (AvgIpc) is 3.40. The van der Waals surface area contributed by atoms with Gasteiger partial charge in [-0.05, 0) is 40.5 Å². The first-order valence-electron chi connectivity index (χ1n) is 13.0. The third-order valence-corrected chi connectivity index (χ3v) is 8.23. The van der Waals surface area contributed by atoms with E-state index < -0.39 is 23.8 Å². The van der Waals surface area contributed by atoms with Gasteiger partial charge in [0.1, 0.15) is 5.60 Å². The molecule has 0 radical (unpaired) electrons. The molecule has 0 bridgehead atoms. The van der Waals surface area contributed by atoms with E-state index in [1.807, 2.05) is 36.4 Å². The maximum absolute atomic E-state index is 14.4. The maximum atomic E-state index is 14.4. The van der Waals surface area contributed by atoms with Crippen molar-refractivity contribution in [1.29, 1.82) is 0 Å². The minimum Gasteiger partial charge on any atom is -0.382 e. The summed E-state index contributed by atoms with van der Waals surface area (Å²) >= 11 is 12.0. The topological polar surface area (TPSA) is 45.1 Å². The number of rotatable bonds is 6. The van der Waals surface area contributed by atoms with Crippen molar-refractivity contribution in [1.82, 2.24) is 4.90 Å². The van der Waals surface area contributed by atoms with Crippen molar-refractivity contribution < 1.29 is 23.1 Å². The molecule has 4 aromatic carbocycles. The van der Waals surface area contributed by atoms with Crippen molar-refractivity contribution in [2.24, 2.45) is 5.16 Å². The van der Waals surface area contributed by atoms with Gasteiger partial charge in [0.05, 0.1) is 11.8 Å². The van der Waals surface area contributed by atoms with Gasteiger partial charge in [-0.3, -0.25) is 4.90 Å². The van der Waals surface area contributed by atoms with Gasteiger partial charge in [-0.25, -0.2) is 0 Å². The van der Waals surface area contributed by atoms with Gasteiger partial charge in [0.2, 0.25) is 0 Å². The van der Waals surface area contributed by atoms with Gasteiger partial charge in [0, 0.05) is 35.1 Å². The van der Waals surface area contributed by atoms with Gasteiger partial charge >= 0.3 is 6.18 Å². The van der Waals surface area contributed by atoms with E-state index in [1.165, 1.54) is 18.2 Å². The zero-order valence-electron chi connectivity index (χ0n) is 21.7. The molecule has 1 fully saturated rings. The van der Waals surface area contributed by atoms with Crippen LogP contribution in [0.15, 0.2) is 108 Å². The minimum atomic E-state index is -4.77. The molecule has 0 aromatic heterocycles. The molecule has 4 aromatic rings. The fourth-order valence-corrected chi connectivity index (χ4v) is 6.22. The molecule has 4 nitrogen and oxygen atoms in total. The zero-order chi connectivity index (χ0) is 28.8. The molecule has 0 spiro atoms. The predicted octanol–water partition coefficient (Wildman–Crippen LogP) is 7.87. The second-order valence-electron chi connectivity index (χ2n) is 10.5. The maximum Gasteiger partial charge on any atom is 0.435 e. The van der Waals surface area contributed by atoms with Crippen LogP contribution in [0.2, 0.25) is 10.0 Å². The summed E-state index contributed by atoms with van der Waals surface area (Å²) in [6.07, 6.45) is -5.31. The molecule has 41 heavy (non-hydrogen) atoms. The van der Waals surface area contributed by atoms with Crippen LogP contribution in [-0.4, -0.2) is 35.0 Å². The number of alkyl halides is 3. The van der Waals surface area contributed by atoms with Crippen LogP contribution in [0.1, 0.15) is 40.3 Å². The van der Waals surface area contributed by atoms with Crippen LogP contribution in [0, 0.1) is 0 Å². The fraction of sp³-hybridized carbons (Fsp3) is 0.219. The minimum absolute atomic E-state index is 0.0163. The van der Waals surface area contributed by atoms with Crippen LogP contribution >= 0.6 is 23.2 Å². The van der Waals surface area contributed by atoms with Crippen LogP contribution < -0.4 is 0 Å². The van der Waals surface area contributed by atoms with E-state index in [-0.39, 0.29) is 27.4 Å². The van der Waals surface area contributed by atoms with Crippen molar-refractivity contribution >= 4 is 28.9 Å². The molecule has 0 unspecified atom stereocenters. The van der Waals surface area contributed by atoms with E-state index in [4.69, 9.17) is 28.0 Å². The smallest absolute Gasteiger partial charge is 0.382 e. The van der Waals surface area contributed by atoms with Crippen LogP contribution in [-0.2, 0) is 16.0 Å². The van der Waals surface area contributed by atoms with E-state index in [9.17, 15) is 18.3 Å². The van der Waals surface area contributed by atoms with Crippen LogP contribution in [0.25, 0.3) is 0 Å². The number of halogens is 5. The Labute approximate surface area is 245 Å². The standard InChI is InChI=1S/C32H25Cl2F3N2O2/c33-26-15-25(16-27(34)17-26)31(32(35,36)37)18-28(38-41-31)21-11-13-24(14-12-21)30(40)19-39(20-30)29(22-7-3-1-4-8-22)23-9-5-2-6-10-23/h1-17,29,40H,18-20H2/t31-/m0/s1. The highest BCUT2D eigenvalue weighted by molar-refractivity contribution is 6.34. The lowest BCUT2D eigenvalue weighted by Gasteiger charge is -2.50. The second-order valence-corrected chi connectivity index (χ2v) is 11.4. The molecule has 1 N–H and O–H groups in total. The SMILES string of the molecule is OC1(c2ccc(C3=NO[C@@](c4cc(Cl)cc(Cl)c4)(C(F)(F)F)C3)cc2)CN(C(c2ccccc2)c2ccccc2)C1. The van der Waals surface area contributed by atoms with Gasteiger partial charge in [0.15, 0.2) is 0 Å². The van der Waals surface area contributed by atoms with Crippen molar-refractivity contribution in [3.05, 3.63) is 141 Å². The number of oxime groups is 1. The van der Waals surface area contributed by atoms with E-state index >= 15 is 0 Å². The second kappa shape index (κ2) is 10.5. The lowest BCUT2D eigenvalue weighted by Crippen LogP contribution is -2.60. The molecule has 0 amide bonds. The van der Waals surface area contributed by atoms with Gasteiger partial charge in [-0.2, -0.15) is 13.2 Å². The summed E-state index contributed by atoms with van der Waals surface area (Å²) in [5.41, 5.74) is -0.462. The summed E-state index contributed by atoms with van der Waals surface area (Å²) in [7, 11) is 0. The lowest BCUT2D eigenvalue weighted by molar-refractivity contribution is -0.275. The number of aliphatic hydroxyl groups is 1. The lowest BCUT2D eigenvalue weighted by atomic mass is 9.81. The Morgan fingerprint density at radius 3 is 1.83 bits per heavy atom. The fourth-order valence-electron chi connectivity index (χ4n) is 5.69. The molecule has 2 heterocycles. The Hall–Kier alpha value is -3.36. The van der Waals surface area contributed by atoms with Crippen LogP contribution in [0.4, 0.5) is 13.2 Å². The van der Waals surface area contributed by atoms with Gasteiger partial charge in [-0.1, -0.05) is 113 Å². The Kier molecular flexibility index (Phi) is 7.10. The molecule has 0 aliphatic carbocycles. The number of β-amino-alcohol motifs (C(OH)–C–C–N with tert-alkyl or cyclic N) is 1. The van der Waals surface area contributed by atoms with E-state index in [1.54, 1.807) is 24.3 Å². The molecular weight excluding hydrogens is 572 g/mol. The highest BCUT2D eigenvalue weighted by Gasteiger charge is 2.62.